The van der Waals surface area contributed by atoms with E-state index in [-0.39, 0.29) is 17.0 Å². The molecule has 0 aromatic carbocycles. The number of halogens is 1. The number of anilines is 1. The number of nitrogens with one attached hydrogen (secondary N) is 1. The minimum absolute atomic E-state index is 0.0410. The van der Waals surface area contributed by atoms with Crippen LogP contribution in [-0.2, 0) is 0 Å². The summed E-state index contributed by atoms with van der Waals surface area (Å²) in [4.78, 5) is 8.43. The molecule has 0 fully saturated rings. The van der Waals surface area contributed by atoms with E-state index in [9.17, 15) is 0 Å². The Labute approximate surface area is 108 Å². The first kappa shape index (κ1) is 14.0. The molecule has 4 nitrogen and oxygen atoms in total. The molecule has 17 heavy (non-hydrogen) atoms. The van der Waals surface area contributed by atoms with E-state index in [0.717, 1.165) is 0 Å². The number of hydrogen-bond donors (Lipinski definition) is 1. The van der Waals surface area contributed by atoms with Gasteiger partial charge in [-0.15, -0.1) is 11.6 Å². The second kappa shape index (κ2) is 5.54. The molecular weight excluding hydrogens is 238 g/mol. The van der Waals surface area contributed by atoms with Crippen LogP contribution < -0.4 is 10.1 Å². The minimum Gasteiger partial charge on any atom is -0.475 e. The van der Waals surface area contributed by atoms with Crippen LogP contribution in [0.2, 0.25) is 0 Å². The lowest BCUT2D eigenvalue weighted by Gasteiger charge is -2.28. The average Bonchev–Trinajstić information content (AvgIpc) is 2.15. The molecule has 0 saturated carbocycles. The molecule has 96 valence electrons. The summed E-state index contributed by atoms with van der Waals surface area (Å²) in [6.45, 7) is 9.86. The maximum Gasteiger partial charge on any atom is 0.226 e. The van der Waals surface area contributed by atoms with E-state index in [1.165, 1.54) is 0 Å². The highest BCUT2D eigenvalue weighted by Crippen LogP contribution is 2.20. The van der Waals surface area contributed by atoms with Crippen LogP contribution in [0, 0.1) is 0 Å². The predicted octanol–water partition coefficient (Wildman–Crippen LogP) is 3.08. The Morgan fingerprint density at radius 3 is 2.53 bits per heavy atom. The third-order valence-corrected chi connectivity index (χ3v) is 2.96. The molecule has 1 aromatic rings. The first-order valence-corrected chi connectivity index (χ1v) is 6.17. The molecule has 0 aliphatic rings. The smallest absolute Gasteiger partial charge is 0.226 e. The number of hydrogen-bond acceptors (Lipinski definition) is 4. The van der Waals surface area contributed by atoms with E-state index < -0.39 is 0 Å². The lowest BCUT2D eigenvalue weighted by Crippen LogP contribution is -2.39. The van der Waals surface area contributed by atoms with Crippen molar-refractivity contribution >= 4 is 17.5 Å². The Morgan fingerprint density at radius 2 is 2.00 bits per heavy atom. The van der Waals surface area contributed by atoms with Gasteiger partial charge in [0.1, 0.15) is 0 Å². The molecule has 0 amide bonds. The van der Waals surface area contributed by atoms with Crippen LogP contribution in [0.4, 0.5) is 5.95 Å². The fourth-order valence-corrected chi connectivity index (χ4v) is 1.15. The van der Waals surface area contributed by atoms with Gasteiger partial charge in [0.25, 0.3) is 0 Å². The fourth-order valence-electron chi connectivity index (χ4n) is 1.10. The van der Waals surface area contributed by atoms with Gasteiger partial charge in [-0.25, -0.2) is 4.98 Å². The standard InChI is InChI=1S/C12H20ClN3O/c1-8(2)17-10-6-7-14-11(15-10)16-12(4,5)9(3)13/h6-9H,1-5H3,(H,14,15,16). The quantitative estimate of drug-likeness (QED) is 0.824. The van der Waals surface area contributed by atoms with Crippen LogP contribution in [0.15, 0.2) is 12.3 Å². The number of ether oxygens (including phenoxy) is 1. The van der Waals surface area contributed by atoms with Gasteiger partial charge in [0.2, 0.25) is 11.8 Å². The molecule has 1 heterocycles. The molecule has 0 bridgehead atoms. The molecule has 1 N–H and O–H groups in total. The van der Waals surface area contributed by atoms with E-state index in [4.69, 9.17) is 16.3 Å². The second-order valence-corrected chi connectivity index (χ2v) is 5.50. The second-order valence-electron chi connectivity index (χ2n) is 4.85. The lowest BCUT2D eigenvalue weighted by atomic mass is 10.0. The Kier molecular flexibility index (Phi) is 4.57. The molecule has 0 saturated heterocycles. The van der Waals surface area contributed by atoms with Gasteiger partial charge < -0.3 is 10.1 Å². The minimum atomic E-state index is -0.280. The summed E-state index contributed by atoms with van der Waals surface area (Å²) in [5.41, 5.74) is -0.280. The molecule has 1 aromatic heterocycles. The molecule has 0 aliphatic carbocycles. The van der Waals surface area contributed by atoms with Crippen LogP contribution in [0.3, 0.4) is 0 Å². The SMILES string of the molecule is CC(C)Oc1ccnc(NC(C)(C)C(C)Cl)n1. The number of rotatable bonds is 5. The zero-order valence-electron chi connectivity index (χ0n) is 11.0. The Balaban J connectivity index is 2.78. The maximum absolute atomic E-state index is 6.09. The highest BCUT2D eigenvalue weighted by Gasteiger charge is 2.24. The van der Waals surface area contributed by atoms with Crippen LogP contribution in [0.1, 0.15) is 34.6 Å². The third kappa shape index (κ3) is 4.38. The Morgan fingerprint density at radius 1 is 1.35 bits per heavy atom. The summed E-state index contributed by atoms with van der Waals surface area (Å²) >= 11 is 6.09. The van der Waals surface area contributed by atoms with Crippen molar-refractivity contribution in [2.75, 3.05) is 5.32 Å². The molecular formula is C12H20ClN3O. The Bertz CT molecular complexity index is 367. The zero-order valence-corrected chi connectivity index (χ0v) is 11.7. The van der Waals surface area contributed by atoms with Gasteiger partial charge in [-0.3, -0.25) is 0 Å². The molecule has 5 heteroatoms. The largest absolute Gasteiger partial charge is 0.475 e. The molecule has 0 spiro atoms. The predicted molar refractivity (Wildman–Crippen MR) is 70.8 cm³/mol. The monoisotopic (exact) mass is 257 g/mol. The van der Waals surface area contributed by atoms with E-state index in [1.54, 1.807) is 12.3 Å². The third-order valence-electron chi connectivity index (χ3n) is 2.41. The van der Waals surface area contributed by atoms with Crippen LogP contribution >= 0.6 is 11.6 Å². The van der Waals surface area contributed by atoms with Gasteiger partial charge in [-0.05, 0) is 34.6 Å². The molecule has 0 aliphatic heterocycles. The molecule has 1 rings (SSSR count). The number of aromatic nitrogens is 2. The van der Waals surface area contributed by atoms with E-state index in [1.807, 2.05) is 34.6 Å². The van der Waals surface area contributed by atoms with Crippen LogP contribution in [0.5, 0.6) is 5.88 Å². The van der Waals surface area contributed by atoms with Gasteiger partial charge in [0.05, 0.1) is 17.0 Å². The molecule has 1 unspecified atom stereocenters. The van der Waals surface area contributed by atoms with Crippen molar-refractivity contribution in [2.24, 2.45) is 0 Å². The van der Waals surface area contributed by atoms with Crippen LogP contribution in [-0.4, -0.2) is 27.0 Å². The van der Waals surface area contributed by atoms with Gasteiger partial charge in [-0.2, -0.15) is 4.98 Å². The number of alkyl halides is 1. The summed E-state index contributed by atoms with van der Waals surface area (Å²) in [7, 11) is 0. The lowest BCUT2D eigenvalue weighted by molar-refractivity contribution is 0.232. The summed E-state index contributed by atoms with van der Waals surface area (Å²) in [6, 6.07) is 1.74. The average molecular weight is 258 g/mol. The van der Waals surface area contributed by atoms with Gasteiger partial charge >= 0.3 is 0 Å². The van der Waals surface area contributed by atoms with Crippen molar-refractivity contribution < 1.29 is 4.74 Å². The topological polar surface area (TPSA) is 47.0 Å². The van der Waals surface area contributed by atoms with E-state index >= 15 is 0 Å². The highest BCUT2D eigenvalue weighted by molar-refractivity contribution is 6.21. The van der Waals surface area contributed by atoms with Crippen molar-refractivity contribution in [2.45, 2.75) is 51.6 Å². The summed E-state index contributed by atoms with van der Waals surface area (Å²) in [6.07, 6.45) is 1.76. The van der Waals surface area contributed by atoms with Crippen molar-refractivity contribution in [1.82, 2.24) is 9.97 Å². The molecule has 0 radical (unpaired) electrons. The van der Waals surface area contributed by atoms with Crippen molar-refractivity contribution in [3.63, 3.8) is 0 Å². The Hall–Kier alpha value is -1.03. The summed E-state index contributed by atoms with van der Waals surface area (Å²) in [5, 5.41) is 3.16. The first-order chi connectivity index (χ1) is 7.81. The maximum atomic E-state index is 6.09. The number of nitrogens with zero attached hydrogens (tertiary/aromatic N) is 2. The van der Waals surface area contributed by atoms with Crippen molar-refractivity contribution in [1.29, 1.82) is 0 Å². The normalized spacial score (nSPS) is 13.6. The summed E-state index contributed by atoms with van der Waals surface area (Å²) in [5.74, 6) is 1.09. The van der Waals surface area contributed by atoms with Gasteiger partial charge in [-0.1, -0.05) is 0 Å². The van der Waals surface area contributed by atoms with E-state index in [2.05, 4.69) is 15.3 Å². The van der Waals surface area contributed by atoms with Crippen molar-refractivity contribution in [3.8, 4) is 5.88 Å². The highest BCUT2D eigenvalue weighted by atomic mass is 35.5. The summed E-state index contributed by atoms with van der Waals surface area (Å²) < 4.78 is 5.51. The van der Waals surface area contributed by atoms with Crippen LogP contribution in [0.25, 0.3) is 0 Å². The van der Waals surface area contributed by atoms with Gasteiger partial charge in [0, 0.05) is 12.3 Å². The molecule has 1 atom stereocenters. The van der Waals surface area contributed by atoms with Crippen molar-refractivity contribution in [3.05, 3.63) is 12.3 Å². The van der Waals surface area contributed by atoms with Gasteiger partial charge in [0.15, 0.2) is 0 Å². The van der Waals surface area contributed by atoms with E-state index in [0.29, 0.717) is 11.8 Å². The zero-order chi connectivity index (χ0) is 13.1. The first-order valence-electron chi connectivity index (χ1n) is 5.73. The fraction of sp³-hybridized carbons (Fsp3) is 0.667.